The fraction of sp³-hybridized carbons (Fsp3) is 0.630. The van der Waals surface area contributed by atoms with Crippen LogP contribution in [0, 0.1) is 20.8 Å². The third-order valence-electron chi connectivity index (χ3n) is 7.74. The number of hydrogen-bond acceptors (Lipinski definition) is 4. The lowest BCUT2D eigenvalue weighted by molar-refractivity contribution is 0.368. The average molecular weight is 425 g/mol. The Balaban J connectivity index is 1.97. The SMILES string of the molecule is CCCCN1CN(c2cc(N3CN(CCCC)C(C)=C3C)c(C)c(C)c2C)C(C)=C1C. The van der Waals surface area contributed by atoms with E-state index in [0.717, 1.165) is 26.4 Å². The molecule has 0 atom stereocenters. The number of anilines is 2. The van der Waals surface area contributed by atoms with E-state index in [-0.39, 0.29) is 0 Å². The lowest BCUT2D eigenvalue weighted by atomic mass is 9.98. The van der Waals surface area contributed by atoms with E-state index < -0.39 is 0 Å². The van der Waals surface area contributed by atoms with E-state index in [1.807, 2.05) is 0 Å². The Labute approximate surface area is 191 Å². The smallest absolute Gasteiger partial charge is 0.0946 e. The van der Waals surface area contributed by atoms with Gasteiger partial charge in [-0.2, -0.15) is 0 Å². The molecule has 1 aromatic rings. The first-order valence-corrected chi connectivity index (χ1v) is 12.2. The van der Waals surface area contributed by atoms with Gasteiger partial charge in [0.1, 0.15) is 0 Å². The van der Waals surface area contributed by atoms with Crippen LogP contribution in [-0.4, -0.2) is 36.2 Å². The van der Waals surface area contributed by atoms with Gasteiger partial charge in [0, 0.05) is 47.3 Å². The molecule has 4 nitrogen and oxygen atoms in total. The molecule has 0 aromatic heterocycles. The van der Waals surface area contributed by atoms with Crippen molar-refractivity contribution in [2.45, 2.75) is 88.0 Å². The molecule has 0 radical (unpaired) electrons. The lowest BCUT2D eigenvalue weighted by Crippen LogP contribution is -2.30. The molecule has 1 aromatic carbocycles. The molecule has 0 N–H and O–H groups in total. The Morgan fingerprint density at radius 1 is 0.581 bits per heavy atom. The molecule has 0 saturated carbocycles. The first kappa shape index (κ1) is 23.6. The zero-order valence-electron chi connectivity index (χ0n) is 21.5. The van der Waals surface area contributed by atoms with Crippen molar-refractivity contribution < 1.29 is 0 Å². The molecule has 0 amide bonds. The Morgan fingerprint density at radius 3 is 1.32 bits per heavy atom. The zero-order valence-corrected chi connectivity index (χ0v) is 21.5. The van der Waals surface area contributed by atoms with E-state index in [1.54, 1.807) is 0 Å². The zero-order chi connectivity index (χ0) is 22.9. The summed E-state index contributed by atoms with van der Waals surface area (Å²) in [4.78, 5) is 10.2. The fourth-order valence-corrected chi connectivity index (χ4v) is 4.87. The van der Waals surface area contributed by atoms with Gasteiger partial charge in [-0.25, -0.2) is 0 Å². The van der Waals surface area contributed by atoms with Gasteiger partial charge < -0.3 is 19.6 Å². The van der Waals surface area contributed by atoms with Crippen molar-refractivity contribution in [1.29, 1.82) is 0 Å². The van der Waals surface area contributed by atoms with Crippen LogP contribution >= 0.6 is 0 Å². The maximum Gasteiger partial charge on any atom is 0.0946 e. The summed E-state index contributed by atoms with van der Waals surface area (Å²) in [6.45, 7) is 24.8. The maximum absolute atomic E-state index is 2.55. The van der Waals surface area contributed by atoms with Gasteiger partial charge in [0.2, 0.25) is 0 Å². The molecule has 3 rings (SSSR count). The van der Waals surface area contributed by atoms with E-state index in [2.05, 4.69) is 88.0 Å². The minimum atomic E-state index is 0.969. The second-order valence-electron chi connectivity index (χ2n) is 9.50. The summed E-state index contributed by atoms with van der Waals surface area (Å²) < 4.78 is 0. The molecular weight excluding hydrogens is 380 g/mol. The van der Waals surface area contributed by atoms with Crippen molar-refractivity contribution in [3.63, 3.8) is 0 Å². The molecule has 0 saturated heterocycles. The van der Waals surface area contributed by atoms with E-state index >= 15 is 0 Å². The molecule has 0 bridgehead atoms. The highest BCUT2D eigenvalue weighted by Crippen LogP contribution is 2.40. The molecule has 2 aliphatic heterocycles. The summed E-state index contributed by atoms with van der Waals surface area (Å²) in [6, 6.07) is 2.46. The van der Waals surface area contributed by atoms with Crippen LogP contribution in [0.4, 0.5) is 11.4 Å². The molecule has 0 spiro atoms. The molecular formula is C27H44N4. The van der Waals surface area contributed by atoms with Gasteiger partial charge >= 0.3 is 0 Å². The van der Waals surface area contributed by atoms with Gasteiger partial charge in [0.05, 0.1) is 13.3 Å². The van der Waals surface area contributed by atoms with Crippen LogP contribution in [0.15, 0.2) is 28.9 Å². The Morgan fingerprint density at radius 2 is 0.968 bits per heavy atom. The van der Waals surface area contributed by atoms with Gasteiger partial charge in [-0.3, -0.25) is 0 Å². The van der Waals surface area contributed by atoms with Crippen molar-refractivity contribution in [1.82, 2.24) is 9.80 Å². The second-order valence-corrected chi connectivity index (χ2v) is 9.50. The quantitative estimate of drug-likeness (QED) is 0.451. The largest absolute Gasteiger partial charge is 0.356 e. The van der Waals surface area contributed by atoms with Crippen LogP contribution in [0.2, 0.25) is 0 Å². The van der Waals surface area contributed by atoms with E-state index in [0.29, 0.717) is 0 Å². The minimum Gasteiger partial charge on any atom is -0.356 e. The van der Waals surface area contributed by atoms with Crippen molar-refractivity contribution in [2.75, 3.05) is 36.2 Å². The highest BCUT2D eigenvalue weighted by molar-refractivity contribution is 5.74. The summed E-state index contributed by atoms with van der Waals surface area (Å²) >= 11 is 0. The third kappa shape index (κ3) is 4.31. The second kappa shape index (κ2) is 9.58. The Bertz CT molecular complexity index is 811. The minimum absolute atomic E-state index is 0.969. The van der Waals surface area contributed by atoms with Crippen LogP contribution in [-0.2, 0) is 0 Å². The maximum atomic E-state index is 2.55. The van der Waals surface area contributed by atoms with Crippen molar-refractivity contribution >= 4 is 11.4 Å². The first-order valence-electron chi connectivity index (χ1n) is 12.2. The monoisotopic (exact) mass is 424 g/mol. The topological polar surface area (TPSA) is 13.0 Å². The van der Waals surface area contributed by atoms with Gasteiger partial charge in [-0.1, -0.05) is 26.7 Å². The number of nitrogens with zero attached hydrogens (tertiary/aromatic N) is 4. The Hall–Kier alpha value is -2.10. The summed E-state index contributed by atoms with van der Waals surface area (Å²) in [6.07, 6.45) is 4.98. The molecule has 0 unspecified atom stereocenters. The van der Waals surface area contributed by atoms with Crippen LogP contribution < -0.4 is 9.80 Å². The van der Waals surface area contributed by atoms with Crippen LogP contribution in [0.1, 0.15) is 83.9 Å². The predicted octanol–water partition coefficient (Wildman–Crippen LogP) is 6.87. The molecule has 172 valence electrons. The van der Waals surface area contributed by atoms with E-state index in [1.165, 1.54) is 76.5 Å². The van der Waals surface area contributed by atoms with Crippen molar-refractivity contribution in [3.8, 4) is 0 Å². The standard InChI is InChI=1S/C27H44N4/c1-10-12-14-28-17-30(24(8)22(28)6)26-16-27(21(5)19(3)20(26)4)31-18-29(15-13-11-2)23(7)25(31)9/h16H,10-15,17-18H2,1-9H3. The molecule has 2 heterocycles. The molecule has 4 heteroatoms. The summed E-state index contributed by atoms with van der Waals surface area (Å²) in [5, 5.41) is 0. The van der Waals surface area contributed by atoms with Gasteiger partial charge in [-0.05, 0) is 84.1 Å². The van der Waals surface area contributed by atoms with E-state index in [4.69, 9.17) is 0 Å². The number of allylic oxidation sites excluding steroid dienone is 4. The highest BCUT2D eigenvalue weighted by atomic mass is 15.4. The van der Waals surface area contributed by atoms with Gasteiger partial charge in [0.25, 0.3) is 0 Å². The van der Waals surface area contributed by atoms with Gasteiger partial charge in [-0.15, -0.1) is 0 Å². The molecule has 31 heavy (non-hydrogen) atoms. The van der Waals surface area contributed by atoms with Crippen LogP contribution in [0.3, 0.4) is 0 Å². The number of benzene rings is 1. The highest BCUT2D eigenvalue weighted by Gasteiger charge is 2.30. The molecule has 0 aliphatic carbocycles. The average Bonchev–Trinajstić information content (AvgIpc) is 3.20. The van der Waals surface area contributed by atoms with Gasteiger partial charge in [0.15, 0.2) is 0 Å². The molecule has 0 fully saturated rings. The summed E-state index contributed by atoms with van der Waals surface area (Å²) in [5.74, 6) is 0. The predicted molar refractivity (Wildman–Crippen MR) is 135 cm³/mol. The number of unbranched alkanes of at least 4 members (excludes halogenated alkanes) is 2. The van der Waals surface area contributed by atoms with Crippen LogP contribution in [0.25, 0.3) is 0 Å². The third-order valence-corrected chi connectivity index (χ3v) is 7.74. The summed E-state index contributed by atoms with van der Waals surface area (Å²) in [7, 11) is 0. The Kier molecular flexibility index (Phi) is 7.28. The van der Waals surface area contributed by atoms with E-state index in [9.17, 15) is 0 Å². The number of rotatable bonds is 8. The van der Waals surface area contributed by atoms with Crippen LogP contribution in [0.5, 0.6) is 0 Å². The molecule has 2 aliphatic rings. The fourth-order valence-electron chi connectivity index (χ4n) is 4.87. The normalized spacial score (nSPS) is 17.2. The van der Waals surface area contributed by atoms with Crippen molar-refractivity contribution in [2.24, 2.45) is 0 Å². The lowest BCUT2D eigenvalue weighted by Gasteiger charge is -2.31. The number of hydrogen-bond donors (Lipinski definition) is 0. The van der Waals surface area contributed by atoms with Crippen molar-refractivity contribution in [3.05, 3.63) is 45.5 Å². The summed E-state index contributed by atoms with van der Waals surface area (Å²) in [5.41, 5.74) is 12.6. The first-order chi connectivity index (χ1) is 14.7.